The van der Waals surface area contributed by atoms with Gasteiger partial charge >= 0.3 is 17.9 Å². The van der Waals surface area contributed by atoms with Gasteiger partial charge in [-0.1, -0.05) is 258 Å². The summed E-state index contributed by atoms with van der Waals surface area (Å²) in [4.78, 5) is 38.1. The minimum Gasteiger partial charge on any atom is -0.462 e. The van der Waals surface area contributed by atoms with E-state index in [1.807, 2.05) is 12.2 Å². The maximum absolute atomic E-state index is 12.8. The average molecular weight is 984 g/mol. The van der Waals surface area contributed by atoms with E-state index in [0.717, 1.165) is 70.6 Å². The molecule has 0 rings (SSSR count). The van der Waals surface area contributed by atoms with Crippen LogP contribution in [-0.4, -0.2) is 37.2 Å². The summed E-state index contributed by atoms with van der Waals surface area (Å²) in [5.74, 6) is -1.10. The van der Waals surface area contributed by atoms with Crippen LogP contribution in [-0.2, 0) is 28.6 Å². The Bertz CT molecular complexity index is 1410. The van der Waals surface area contributed by atoms with E-state index in [4.69, 9.17) is 14.2 Å². The summed E-state index contributed by atoms with van der Waals surface area (Å²) in [6.07, 6.45) is 80.6. The fourth-order valence-electron chi connectivity index (χ4n) is 7.58. The zero-order valence-electron chi connectivity index (χ0n) is 45.9. The number of carbonyl (C=O) groups excluding carboxylic acids is 3. The van der Waals surface area contributed by atoms with Crippen LogP contribution in [0, 0.1) is 0 Å². The normalized spacial score (nSPS) is 12.6. The molecule has 0 aromatic carbocycles. The van der Waals surface area contributed by atoms with Gasteiger partial charge in [-0.2, -0.15) is 0 Å². The molecule has 0 spiro atoms. The highest BCUT2D eigenvalue weighted by atomic mass is 16.6. The van der Waals surface area contributed by atoms with Gasteiger partial charge in [-0.25, -0.2) is 0 Å². The molecule has 0 N–H and O–H groups in total. The Labute approximate surface area is 437 Å². The number of carbonyl (C=O) groups is 3. The molecule has 0 saturated carbocycles. The van der Waals surface area contributed by atoms with Crippen LogP contribution >= 0.6 is 0 Å². The molecule has 0 bridgehead atoms. The number of rotatable bonds is 51. The van der Waals surface area contributed by atoms with E-state index in [2.05, 4.69) is 130 Å². The first-order chi connectivity index (χ1) is 35.0. The van der Waals surface area contributed by atoms with E-state index in [0.29, 0.717) is 19.3 Å². The van der Waals surface area contributed by atoms with Crippen molar-refractivity contribution in [3.63, 3.8) is 0 Å². The van der Waals surface area contributed by atoms with Crippen LogP contribution < -0.4 is 0 Å². The van der Waals surface area contributed by atoms with Crippen LogP contribution in [0.3, 0.4) is 0 Å². The fourth-order valence-corrected chi connectivity index (χ4v) is 7.58. The smallest absolute Gasteiger partial charge is 0.306 e. The van der Waals surface area contributed by atoms with Crippen molar-refractivity contribution in [3.8, 4) is 0 Å². The third-order valence-electron chi connectivity index (χ3n) is 12.0. The van der Waals surface area contributed by atoms with Gasteiger partial charge in [0, 0.05) is 19.3 Å². The molecule has 0 aliphatic rings. The second kappa shape index (κ2) is 58.4. The van der Waals surface area contributed by atoms with Crippen molar-refractivity contribution in [1.29, 1.82) is 0 Å². The predicted octanol–water partition coefficient (Wildman–Crippen LogP) is 19.6. The van der Waals surface area contributed by atoms with Crippen molar-refractivity contribution in [2.45, 2.75) is 258 Å². The second-order valence-corrected chi connectivity index (χ2v) is 18.8. The van der Waals surface area contributed by atoms with E-state index in [9.17, 15) is 14.4 Å². The van der Waals surface area contributed by atoms with Crippen molar-refractivity contribution >= 4 is 17.9 Å². The maximum Gasteiger partial charge on any atom is 0.306 e. The molecule has 0 aliphatic carbocycles. The second-order valence-electron chi connectivity index (χ2n) is 18.8. The summed E-state index contributed by atoms with van der Waals surface area (Å²) in [7, 11) is 0. The van der Waals surface area contributed by atoms with E-state index < -0.39 is 6.10 Å². The van der Waals surface area contributed by atoms with Crippen molar-refractivity contribution in [1.82, 2.24) is 0 Å². The Kier molecular flexibility index (Phi) is 54.9. The highest BCUT2D eigenvalue weighted by Gasteiger charge is 2.19. The first-order valence-corrected chi connectivity index (χ1v) is 29.0. The summed E-state index contributed by atoms with van der Waals surface area (Å²) in [5, 5.41) is 0. The van der Waals surface area contributed by atoms with Crippen LogP contribution in [0.25, 0.3) is 0 Å². The summed E-state index contributed by atoms with van der Waals surface area (Å²) >= 11 is 0. The molecule has 0 aromatic heterocycles. The largest absolute Gasteiger partial charge is 0.462 e. The first kappa shape index (κ1) is 66.8. The van der Waals surface area contributed by atoms with Crippen molar-refractivity contribution in [2.24, 2.45) is 0 Å². The summed E-state index contributed by atoms with van der Waals surface area (Å²) < 4.78 is 16.7. The molecule has 6 heteroatoms. The van der Waals surface area contributed by atoms with Crippen molar-refractivity contribution in [2.75, 3.05) is 13.2 Å². The Morgan fingerprint density at radius 2 is 0.535 bits per heavy atom. The van der Waals surface area contributed by atoms with Crippen molar-refractivity contribution in [3.05, 3.63) is 122 Å². The van der Waals surface area contributed by atoms with E-state index >= 15 is 0 Å². The predicted molar refractivity (Wildman–Crippen MR) is 306 cm³/mol. The zero-order chi connectivity index (χ0) is 51.4. The van der Waals surface area contributed by atoms with Gasteiger partial charge in [-0.05, 0) is 96.3 Å². The van der Waals surface area contributed by atoms with Gasteiger partial charge in [0.05, 0.1) is 0 Å². The van der Waals surface area contributed by atoms with Crippen LogP contribution in [0.1, 0.15) is 252 Å². The lowest BCUT2D eigenvalue weighted by atomic mass is 10.0. The maximum atomic E-state index is 12.8. The van der Waals surface area contributed by atoms with Gasteiger partial charge in [0.25, 0.3) is 0 Å². The molecule has 0 aliphatic heterocycles. The first-order valence-electron chi connectivity index (χ1n) is 29.0. The molecule has 0 amide bonds. The number of unbranched alkanes of at least 4 members (excludes halogenated alkanes) is 20. The minimum absolute atomic E-state index is 0.141. The summed E-state index contributed by atoms with van der Waals surface area (Å²) in [6, 6.07) is 0. The van der Waals surface area contributed by atoms with Gasteiger partial charge in [0.2, 0.25) is 0 Å². The molecule has 0 saturated heterocycles. The lowest BCUT2D eigenvalue weighted by Gasteiger charge is -2.18. The van der Waals surface area contributed by atoms with Gasteiger partial charge in [0.15, 0.2) is 6.10 Å². The quantitative estimate of drug-likeness (QED) is 0.0261. The molecule has 402 valence electrons. The Balaban J connectivity index is 4.60. The van der Waals surface area contributed by atoms with Gasteiger partial charge in [-0.3, -0.25) is 14.4 Å². The molecule has 0 heterocycles. The Morgan fingerprint density at radius 1 is 0.282 bits per heavy atom. The lowest BCUT2D eigenvalue weighted by molar-refractivity contribution is -0.166. The molecule has 71 heavy (non-hydrogen) atoms. The number of allylic oxidation sites excluding steroid dienone is 20. The monoisotopic (exact) mass is 983 g/mol. The van der Waals surface area contributed by atoms with Crippen LogP contribution in [0.15, 0.2) is 122 Å². The lowest BCUT2D eigenvalue weighted by Crippen LogP contribution is -2.30. The molecule has 0 unspecified atom stereocenters. The summed E-state index contributed by atoms with van der Waals surface area (Å²) in [6.45, 7) is 6.46. The van der Waals surface area contributed by atoms with E-state index in [1.165, 1.54) is 128 Å². The topological polar surface area (TPSA) is 78.9 Å². The zero-order valence-corrected chi connectivity index (χ0v) is 45.9. The minimum atomic E-state index is -0.840. The van der Waals surface area contributed by atoms with Crippen LogP contribution in [0.4, 0.5) is 0 Å². The third kappa shape index (κ3) is 56.6. The average Bonchev–Trinajstić information content (AvgIpc) is 3.37. The van der Waals surface area contributed by atoms with E-state index in [-0.39, 0.29) is 44.0 Å². The molecule has 0 aromatic rings. The highest BCUT2D eigenvalue weighted by molar-refractivity contribution is 5.71. The highest BCUT2D eigenvalue weighted by Crippen LogP contribution is 2.15. The number of esters is 3. The number of hydrogen-bond donors (Lipinski definition) is 0. The third-order valence-corrected chi connectivity index (χ3v) is 12.0. The Hall–Kier alpha value is -4.19. The fraction of sp³-hybridized carbons (Fsp3) is 0.646. The molecule has 0 radical (unpaired) electrons. The number of hydrogen-bond acceptors (Lipinski definition) is 6. The molecular weight excluding hydrogens is 877 g/mol. The number of ether oxygens (including phenoxy) is 3. The molecule has 0 fully saturated rings. The van der Waals surface area contributed by atoms with Crippen LogP contribution in [0.5, 0.6) is 0 Å². The molecule has 0 atom stereocenters. The van der Waals surface area contributed by atoms with Gasteiger partial charge < -0.3 is 14.2 Å². The molecular formula is C65H106O6. The van der Waals surface area contributed by atoms with E-state index in [1.54, 1.807) is 0 Å². The van der Waals surface area contributed by atoms with Gasteiger partial charge in [0.1, 0.15) is 13.2 Å². The molecule has 6 nitrogen and oxygen atoms in total. The van der Waals surface area contributed by atoms with Gasteiger partial charge in [-0.15, -0.1) is 0 Å². The summed E-state index contributed by atoms with van der Waals surface area (Å²) in [5.41, 5.74) is 0. The standard InChI is InChI=1S/C65H106O6/c1-4-7-10-13-16-19-22-25-28-30-32-34-37-39-42-45-48-51-54-57-63(66)69-60-62(71-65(68)59-56-53-50-47-44-41-36-27-24-21-18-15-12-9-6-3)61-70-64(67)58-55-52-49-46-43-40-38-35-33-31-29-26-23-20-17-14-11-8-5-2/h16-17,19-20,25-26,28-29,32-35,39-40,42-43,48-49,51-52,62H,4-15,18,21-24,27,30-31,36-38,41,44-47,50,53-61H2,1-3H3/b19-16-,20-17-,28-25-,29-26-,34-32-,35-33-,42-39-,43-40-,51-48-,52-49-. The van der Waals surface area contributed by atoms with Crippen LogP contribution in [0.2, 0.25) is 0 Å². The van der Waals surface area contributed by atoms with Crippen molar-refractivity contribution < 1.29 is 28.6 Å². The Morgan fingerprint density at radius 3 is 0.845 bits per heavy atom. The SMILES string of the molecule is CCCCC/C=C\C/C=C\C/C=C\C/C=C\C/C=C\CCC(=O)OCC(COC(=O)CC/C=C\C/C=C\C/C=C\C/C=C\C/C=C\CCCCC)OC(=O)CCCCCCCCCCCCCCCCC.